The lowest BCUT2D eigenvalue weighted by molar-refractivity contribution is -0.121. The molecule has 8 nitrogen and oxygen atoms in total. The summed E-state index contributed by atoms with van der Waals surface area (Å²) in [6.07, 6.45) is 1.65. The van der Waals surface area contributed by atoms with Crippen molar-refractivity contribution < 1.29 is 22.7 Å². The van der Waals surface area contributed by atoms with Gasteiger partial charge in [-0.05, 0) is 67.8 Å². The maximum Gasteiger partial charge on any atom is 0.240 e. The summed E-state index contributed by atoms with van der Waals surface area (Å²) in [5, 5.41) is 2.76. The molecule has 3 rings (SSSR count). The minimum Gasteiger partial charge on any atom is -0.494 e. The third-order valence-corrected chi connectivity index (χ3v) is 6.41. The Labute approximate surface area is 200 Å². The van der Waals surface area contributed by atoms with Crippen LogP contribution in [0.5, 0.6) is 17.4 Å². The molecule has 0 atom stereocenters. The van der Waals surface area contributed by atoms with E-state index in [1.54, 1.807) is 24.4 Å². The number of nitrogens with zero attached hydrogens (tertiary/aromatic N) is 1. The number of rotatable bonds is 11. The largest absolute Gasteiger partial charge is 0.494 e. The summed E-state index contributed by atoms with van der Waals surface area (Å²) in [6.45, 7) is 6.59. The van der Waals surface area contributed by atoms with E-state index in [-0.39, 0.29) is 30.3 Å². The molecule has 0 bridgehead atoms. The Morgan fingerprint density at radius 1 is 1.03 bits per heavy atom. The van der Waals surface area contributed by atoms with Crippen LogP contribution in [-0.2, 0) is 21.4 Å². The van der Waals surface area contributed by atoms with Crippen LogP contribution in [0.1, 0.15) is 30.0 Å². The van der Waals surface area contributed by atoms with Crippen LogP contribution in [0.15, 0.2) is 65.7 Å². The van der Waals surface area contributed by atoms with Crippen LogP contribution < -0.4 is 19.5 Å². The molecule has 0 aliphatic carbocycles. The number of ether oxygens (including phenoxy) is 2. The molecule has 1 heterocycles. The van der Waals surface area contributed by atoms with Gasteiger partial charge < -0.3 is 14.8 Å². The summed E-state index contributed by atoms with van der Waals surface area (Å²) in [4.78, 5) is 16.5. The van der Waals surface area contributed by atoms with Crippen molar-refractivity contribution in [1.82, 2.24) is 15.0 Å². The Bertz CT molecular complexity index is 1210. The van der Waals surface area contributed by atoms with Gasteiger partial charge in [-0.25, -0.2) is 18.1 Å². The predicted molar refractivity (Wildman–Crippen MR) is 129 cm³/mol. The number of aromatic nitrogens is 1. The minimum absolute atomic E-state index is 0.0114. The van der Waals surface area contributed by atoms with E-state index in [0.29, 0.717) is 18.2 Å². The Morgan fingerprint density at radius 3 is 2.47 bits per heavy atom. The molecule has 0 saturated carbocycles. The van der Waals surface area contributed by atoms with Crippen molar-refractivity contribution in [3.63, 3.8) is 0 Å². The third-order valence-electron chi connectivity index (χ3n) is 4.93. The number of benzene rings is 2. The molecule has 180 valence electrons. The van der Waals surface area contributed by atoms with Gasteiger partial charge in [-0.15, -0.1) is 0 Å². The number of sulfonamides is 1. The fourth-order valence-electron chi connectivity index (χ4n) is 3.06. The van der Waals surface area contributed by atoms with Gasteiger partial charge in [0.05, 0.1) is 11.5 Å². The Morgan fingerprint density at radius 2 is 1.79 bits per heavy atom. The van der Waals surface area contributed by atoms with Crippen molar-refractivity contribution in [2.75, 3.05) is 13.2 Å². The van der Waals surface area contributed by atoms with Crippen molar-refractivity contribution in [3.8, 4) is 17.4 Å². The monoisotopic (exact) mass is 483 g/mol. The van der Waals surface area contributed by atoms with Gasteiger partial charge in [-0.2, -0.15) is 0 Å². The highest BCUT2D eigenvalue weighted by atomic mass is 32.2. The first-order valence-corrected chi connectivity index (χ1v) is 12.4. The van der Waals surface area contributed by atoms with Gasteiger partial charge >= 0.3 is 0 Å². The highest BCUT2D eigenvalue weighted by molar-refractivity contribution is 7.89. The van der Waals surface area contributed by atoms with Crippen molar-refractivity contribution in [1.29, 1.82) is 0 Å². The molecule has 2 N–H and O–H groups in total. The second kappa shape index (κ2) is 11.6. The van der Waals surface area contributed by atoms with Gasteiger partial charge in [0.1, 0.15) is 11.5 Å². The third kappa shape index (κ3) is 7.29. The van der Waals surface area contributed by atoms with Crippen LogP contribution >= 0.6 is 0 Å². The fraction of sp³-hybridized carbons (Fsp3) is 0.280. The van der Waals surface area contributed by atoms with Gasteiger partial charge in [0.2, 0.25) is 21.8 Å². The summed E-state index contributed by atoms with van der Waals surface area (Å²) in [5.74, 6) is 1.54. The fourth-order valence-corrected chi connectivity index (χ4v) is 4.09. The molecule has 34 heavy (non-hydrogen) atoms. The summed E-state index contributed by atoms with van der Waals surface area (Å²) < 4.78 is 38.3. The molecule has 0 radical (unpaired) electrons. The molecule has 1 amide bonds. The van der Waals surface area contributed by atoms with Crippen LogP contribution in [0.3, 0.4) is 0 Å². The first kappa shape index (κ1) is 25.2. The first-order valence-electron chi connectivity index (χ1n) is 11.0. The van der Waals surface area contributed by atoms with Crippen LogP contribution in [0.4, 0.5) is 0 Å². The minimum atomic E-state index is -3.70. The van der Waals surface area contributed by atoms with E-state index in [1.807, 2.05) is 45.0 Å². The second-order valence-corrected chi connectivity index (χ2v) is 9.47. The van der Waals surface area contributed by atoms with Gasteiger partial charge in [0.15, 0.2) is 0 Å². The molecular formula is C25H29N3O5S. The molecule has 1 aromatic heterocycles. The summed E-state index contributed by atoms with van der Waals surface area (Å²) in [7, 11) is -3.70. The SMILES string of the molecule is CCOc1ccc(S(=O)(=O)NCCC(=O)NCc2ccc(Oc3cc(C)ccc3C)nc2)cc1. The molecular weight excluding hydrogens is 454 g/mol. The zero-order chi connectivity index (χ0) is 24.6. The highest BCUT2D eigenvalue weighted by Gasteiger charge is 2.14. The number of hydrogen-bond acceptors (Lipinski definition) is 6. The van der Waals surface area contributed by atoms with Crippen molar-refractivity contribution in [3.05, 3.63) is 77.5 Å². The lowest BCUT2D eigenvalue weighted by atomic mass is 10.1. The summed E-state index contributed by atoms with van der Waals surface area (Å²) in [6, 6.07) is 15.7. The summed E-state index contributed by atoms with van der Waals surface area (Å²) in [5.41, 5.74) is 2.92. The molecule has 0 fully saturated rings. The number of amides is 1. The van der Waals surface area contributed by atoms with Gasteiger partial charge in [0.25, 0.3) is 0 Å². The molecule has 0 unspecified atom stereocenters. The van der Waals surface area contributed by atoms with E-state index in [9.17, 15) is 13.2 Å². The van der Waals surface area contributed by atoms with E-state index in [1.165, 1.54) is 12.1 Å². The molecule has 9 heteroatoms. The molecule has 0 spiro atoms. The normalized spacial score (nSPS) is 11.1. The van der Waals surface area contributed by atoms with E-state index < -0.39 is 10.0 Å². The van der Waals surface area contributed by atoms with Crippen LogP contribution in [-0.4, -0.2) is 32.5 Å². The maximum absolute atomic E-state index is 12.4. The van der Waals surface area contributed by atoms with Gasteiger partial charge in [-0.1, -0.05) is 18.2 Å². The van der Waals surface area contributed by atoms with Gasteiger partial charge in [-0.3, -0.25) is 4.79 Å². The predicted octanol–water partition coefficient (Wildman–Crippen LogP) is 3.87. The zero-order valence-electron chi connectivity index (χ0n) is 19.5. The molecule has 2 aromatic carbocycles. The average Bonchev–Trinajstić information content (AvgIpc) is 2.81. The lowest BCUT2D eigenvalue weighted by Gasteiger charge is -2.10. The van der Waals surface area contributed by atoms with Crippen molar-refractivity contribution in [2.24, 2.45) is 0 Å². The van der Waals surface area contributed by atoms with Crippen LogP contribution in [0.25, 0.3) is 0 Å². The zero-order valence-corrected chi connectivity index (χ0v) is 20.3. The maximum atomic E-state index is 12.4. The Kier molecular flexibility index (Phi) is 8.61. The number of pyridine rings is 1. The van der Waals surface area contributed by atoms with E-state index in [0.717, 1.165) is 22.4 Å². The molecule has 0 aliphatic heterocycles. The van der Waals surface area contributed by atoms with E-state index in [4.69, 9.17) is 9.47 Å². The average molecular weight is 484 g/mol. The lowest BCUT2D eigenvalue weighted by Crippen LogP contribution is -2.30. The number of nitrogens with one attached hydrogen (secondary N) is 2. The second-order valence-electron chi connectivity index (χ2n) is 7.70. The van der Waals surface area contributed by atoms with Crippen molar-refractivity contribution >= 4 is 15.9 Å². The Balaban J connectivity index is 1.43. The molecule has 3 aromatic rings. The smallest absolute Gasteiger partial charge is 0.240 e. The van der Waals surface area contributed by atoms with Crippen LogP contribution in [0.2, 0.25) is 0 Å². The quantitative estimate of drug-likeness (QED) is 0.429. The topological polar surface area (TPSA) is 107 Å². The standard InChI is InChI=1S/C25H29N3O5S/c1-4-32-21-8-10-22(11-9-21)34(30,31)28-14-13-24(29)26-16-20-7-12-25(27-17-20)33-23-15-18(2)5-6-19(23)3/h5-12,15,17,28H,4,13-14,16H2,1-3H3,(H,26,29). The van der Waals surface area contributed by atoms with Crippen molar-refractivity contribution in [2.45, 2.75) is 38.6 Å². The van der Waals surface area contributed by atoms with E-state index >= 15 is 0 Å². The Hall–Kier alpha value is -3.43. The van der Waals surface area contributed by atoms with Crippen LogP contribution in [0, 0.1) is 13.8 Å². The number of carbonyl (C=O) groups is 1. The highest BCUT2D eigenvalue weighted by Crippen LogP contribution is 2.24. The van der Waals surface area contributed by atoms with E-state index in [2.05, 4.69) is 15.0 Å². The number of aryl methyl sites for hydroxylation is 2. The molecule has 0 aliphatic rings. The summed E-state index contributed by atoms with van der Waals surface area (Å²) >= 11 is 0. The first-order chi connectivity index (χ1) is 16.3. The van der Waals surface area contributed by atoms with Gasteiger partial charge in [0, 0.05) is 31.8 Å². The molecule has 0 saturated heterocycles. The number of carbonyl (C=O) groups excluding carboxylic acids is 1. The number of hydrogen-bond donors (Lipinski definition) is 2.